The number of nitrogens with zero attached hydrogens (tertiary/aromatic N) is 2. The Morgan fingerprint density at radius 2 is 2.05 bits per heavy atom. The smallest absolute Gasteiger partial charge is 0.278 e. The molecule has 1 N–H and O–H groups in total. The number of pyridine rings is 1. The molecule has 2 rings (SSSR count). The van der Waals surface area contributed by atoms with E-state index in [4.69, 9.17) is 4.74 Å². The predicted octanol–water partition coefficient (Wildman–Crippen LogP) is 4.21. The molecule has 0 bridgehead atoms. The number of hydrogen-bond donors (Lipinski definition) is 1. The van der Waals surface area contributed by atoms with Crippen molar-refractivity contribution in [3.8, 4) is 11.6 Å². The van der Waals surface area contributed by atoms with Gasteiger partial charge in [0.15, 0.2) is 0 Å². The van der Waals surface area contributed by atoms with Crippen LogP contribution in [0.15, 0.2) is 36.4 Å². The highest BCUT2D eigenvalue weighted by atomic mass is 127. The van der Waals surface area contributed by atoms with E-state index in [1.54, 1.807) is 12.1 Å². The van der Waals surface area contributed by atoms with E-state index in [0.29, 0.717) is 18.1 Å². The van der Waals surface area contributed by atoms with Crippen LogP contribution in [0.2, 0.25) is 0 Å². The number of benzene rings is 1. The first-order chi connectivity index (χ1) is 10.1. The van der Waals surface area contributed by atoms with Gasteiger partial charge >= 0.3 is 0 Å². The molecule has 0 spiro atoms. The molecular formula is C14H14IN3O3. The third-order valence-electron chi connectivity index (χ3n) is 2.59. The van der Waals surface area contributed by atoms with Crippen LogP contribution in [-0.4, -0.2) is 16.5 Å². The van der Waals surface area contributed by atoms with Crippen LogP contribution in [0.1, 0.15) is 13.3 Å². The number of aromatic nitrogens is 1. The highest BCUT2D eigenvalue weighted by Crippen LogP contribution is 2.26. The molecule has 1 aromatic heterocycles. The lowest BCUT2D eigenvalue weighted by atomic mass is 10.3. The van der Waals surface area contributed by atoms with Gasteiger partial charge < -0.3 is 10.1 Å². The summed E-state index contributed by atoms with van der Waals surface area (Å²) in [6.07, 6.45) is 0.900. The standard InChI is InChI=1S/C14H14IN3O3/c1-2-7-16-13-8-11(18(19)20)9-14(17-13)21-12-5-3-10(15)4-6-12/h3-6,8-9H,2,7H2,1H3,(H,16,17). The molecule has 0 aliphatic rings. The number of rotatable bonds is 6. The molecule has 7 heteroatoms. The molecular weight excluding hydrogens is 385 g/mol. The Kier molecular flexibility index (Phi) is 5.32. The van der Waals surface area contributed by atoms with Crippen LogP contribution in [0.3, 0.4) is 0 Å². The van der Waals surface area contributed by atoms with Crippen LogP contribution in [0.25, 0.3) is 0 Å². The summed E-state index contributed by atoms with van der Waals surface area (Å²) >= 11 is 2.19. The van der Waals surface area contributed by atoms with E-state index < -0.39 is 4.92 Å². The van der Waals surface area contributed by atoms with Crippen molar-refractivity contribution in [2.45, 2.75) is 13.3 Å². The van der Waals surface area contributed by atoms with Gasteiger partial charge in [0, 0.05) is 10.1 Å². The molecule has 0 saturated carbocycles. The van der Waals surface area contributed by atoms with E-state index in [2.05, 4.69) is 32.9 Å². The molecule has 6 nitrogen and oxygen atoms in total. The zero-order valence-electron chi connectivity index (χ0n) is 11.4. The third kappa shape index (κ3) is 4.55. The lowest BCUT2D eigenvalue weighted by Crippen LogP contribution is -2.03. The fourth-order valence-corrected chi connectivity index (χ4v) is 1.98. The largest absolute Gasteiger partial charge is 0.439 e. The Hall–Kier alpha value is -1.90. The molecule has 0 atom stereocenters. The van der Waals surface area contributed by atoms with Gasteiger partial charge in [0.2, 0.25) is 5.88 Å². The molecule has 110 valence electrons. The Balaban J connectivity index is 2.26. The minimum absolute atomic E-state index is 0.0517. The van der Waals surface area contributed by atoms with Crippen molar-refractivity contribution in [3.05, 3.63) is 50.1 Å². The van der Waals surface area contributed by atoms with Crippen molar-refractivity contribution in [1.82, 2.24) is 4.98 Å². The molecule has 2 aromatic rings. The van der Waals surface area contributed by atoms with Gasteiger partial charge in [-0.05, 0) is 53.3 Å². The zero-order chi connectivity index (χ0) is 15.2. The van der Waals surface area contributed by atoms with Crippen molar-refractivity contribution in [3.63, 3.8) is 0 Å². The average molecular weight is 399 g/mol. The van der Waals surface area contributed by atoms with E-state index in [0.717, 1.165) is 9.99 Å². The van der Waals surface area contributed by atoms with Crippen LogP contribution in [0.4, 0.5) is 11.5 Å². The highest BCUT2D eigenvalue weighted by molar-refractivity contribution is 14.1. The molecule has 0 radical (unpaired) electrons. The zero-order valence-corrected chi connectivity index (χ0v) is 13.5. The molecule has 0 fully saturated rings. The van der Waals surface area contributed by atoms with E-state index in [-0.39, 0.29) is 11.6 Å². The second-order valence-corrected chi connectivity index (χ2v) is 5.53. The topological polar surface area (TPSA) is 77.3 Å². The van der Waals surface area contributed by atoms with Gasteiger partial charge in [0.25, 0.3) is 5.69 Å². The Morgan fingerprint density at radius 1 is 1.33 bits per heavy atom. The molecule has 0 saturated heterocycles. The summed E-state index contributed by atoms with van der Waals surface area (Å²) in [7, 11) is 0. The van der Waals surface area contributed by atoms with Gasteiger partial charge in [0.1, 0.15) is 11.6 Å². The summed E-state index contributed by atoms with van der Waals surface area (Å²) in [5, 5.41) is 14.0. The first-order valence-electron chi connectivity index (χ1n) is 6.42. The van der Waals surface area contributed by atoms with Crippen LogP contribution < -0.4 is 10.1 Å². The summed E-state index contributed by atoms with van der Waals surface area (Å²) in [4.78, 5) is 14.7. The number of ether oxygens (including phenoxy) is 1. The number of anilines is 1. The average Bonchev–Trinajstić information content (AvgIpc) is 2.47. The Morgan fingerprint density at radius 3 is 2.67 bits per heavy atom. The van der Waals surface area contributed by atoms with Crippen LogP contribution in [0, 0.1) is 13.7 Å². The van der Waals surface area contributed by atoms with Crippen molar-refractivity contribution < 1.29 is 9.66 Å². The number of hydrogen-bond acceptors (Lipinski definition) is 5. The van der Waals surface area contributed by atoms with Crippen molar-refractivity contribution in [2.24, 2.45) is 0 Å². The molecule has 21 heavy (non-hydrogen) atoms. The lowest BCUT2D eigenvalue weighted by Gasteiger charge is -2.08. The van der Waals surface area contributed by atoms with E-state index >= 15 is 0 Å². The number of nitro groups is 1. The first kappa shape index (κ1) is 15.5. The molecule has 0 unspecified atom stereocenters. The Bertz CT molecular complexity index is 632. The lowest BCUT2D eigenvalue weighted by molar-refractivity contribution is -0.384. The van der Waals surface area contributed by atoms with Gasteiger partial charge in [0.05, 0.1) is 17.1 Å². The summed E-state index contributed by atoms with van der Waals surface area (Å²) < 4.78 is 6.67. The quantitative estimate of drug-likeness (QED) is 0.448. The Labute approximate surface area is 135 Å². The van der Waals surface area contributed by atoms with Crippen molar-refractivity contribution >= 4 is 34.1 Å². The van der Waals surface area contributed by atoms with Crippen LogP contribution >= 0.6 is 22.6 Å². The second-order valence-electron chi connectivity index (χ2n) is 4.29. The van der Waals surface area contributed by atoms with Gasteiger partial charge in [-0.3, -0.25) is 10.1 Å². The van der Waals surface area contributed by atoms with Crippen molar-refractivity contribution in [2.75, 3.05) is 11.9 Å². The molecule has 0 aliphatic carbocycles. The summed E-state index contributed by atoms with van der Waals surface area (Å²) in [6, 6.07) is 10.1. The second kappa shape index (κ2) is 7.21. The first-order valence-corrected chi connectivity index (χ1v) is 7.50. The van der Waals surface area contributed by atoms with Crippen LogP contribution in [-0.2, 0) is 0 Å². The summed E-state index contributed by atoms with van der Waals surface area (Å²) in [5.74, 6) is 1.22. The maximum atomic E-state index is 11.0. The minimum atomic E-state index is -0.459. The van der Waals surface area contributed by atoms with Gasteiger partial charge in [-0.15, -0.1) is 0 Å². The SMILES string of the molecule is CCCNc1cc([N+](=O)[O-])cc(Oc2ccc(I)cc2)n1. The number of nitrogens with one attached hydrogen (secondary N) is 1. The fraction of sp³-hybridized carbons (Fsp3) is 0.214. The summed E-state index contributed by atoms with van der Waals surface area (Å²) in [6.45, 7) is 2.70. The van der Waals surface area contributed by atoms with E-state index in [1.165, 1.54) is 12.1 Å². The normalized spacial score (nSPS) is 10.2. The number of halogens is 1. The van der Waals surface area contributed by atoms with E-state index in [9.17, 15) is 10.1 Å². The van der Waals surface area contributed by atoms with Crippen molar-refractivity contribution in [1.29, 1.82) is 0 Å². The van der Waals surface area contributed by atoms with Gasteiger partial charge in [-0.25, -0.2) is 0 Å². The van der Waals surface area contributed by atoms with Gasteiger partial charge in [-0.1, -0.05) is 6.92 Å². The fourth-order valence-electron chi connectivity index (χ4n) is 1.62. The van der Waals surface area contributed by atoms with Crippen LogP contribution in [0.5, 0.6) is 11.6 Å². The van der Waals surface area contributed by atoms with Gasteiger partial charge in [-0.2, -0.15) is 4.98 Å². The molecule has 0 amide bonds. The minimum Gasteiger partial charge on any atom is -0.439 e. The predicted molar refractivity (Wildman–Crippen MR) is 88.9 cm³/mol. The molecule has 1 heterocycles. The maximum Gasteiger partial charge on any atom is 0.278 e. The van der Waals surface area contributed by atoms with E-state index in [1.807, 2.05) is 19.1 Å². The molecule has 1 aromatic carbocycles. The monoisotopic (exact) mass is 399 g/mol. The third-order valence-corrected chi connectivity index (χ3v) is 3.31. The summed E-state index contributed by atoms with van der Waals surface area (Å²) in [5.41, 5.74) is -0.0517. The highest BCUT2D eigenvalue weighted by Gasteiger charge is 2.12. The molecule has 0 aliphatic heterocycles. The maximum absolute atomic E-state index is 11.0.